The van der Waals surface area contributed by atoms with Crippen LogP contribution in [0, 0.1) is 6.92 Å². The van der Waals surface area contributed by atoms with Gasteiger partial charge in [-0.2, -0.15) is 0 Å². The lowest BCUT2D eigenvalue weighted by Gasteiger charge is -2.06. The highest BCUT2D eigenvalue weighted by Gasteiger charge is 2.04. The van der Waals surface area contributed by atoms with Gasteiger partial charge in [-0.25, -0.2) is 4.98 Å². The van der Waals surface area contributed by atoms with Crippen LogP contribution in [0.5, 0.6) is 0 Å². The molecule has 5 heteroatoms. The third-order valence-electron chi connectivity index (χ3n) is 1.52. The van der Waals surface area contributed by atoms with Crippen molar-refractivity contribution in [3.05, 3.63) is 11.1 Å². The zero-order valence-corrected chi connectivity index (χ0v) is 9.20. The maximum atomic E-state index is 8.64. The van der Waals surface area contributed by atoms with Crippen LogP contribution >= 0.6 is 23.1 Å². The smallest absolute Gasteiger partial charge is 0.150 e. The van der Waals surface area contributed by atoms with Crippen LogP contribution in [0.3, 0.4) is 0 Å². The van der Waals surface area contributed by atoms with Crippen molar-refractivity contribution in [3.63, 3.8) is 0 Å². The fourth-order valence-electron chi connectivity index (χ4n) is 0.826. The number of nitrogens with zero attached hydrogens (tertiary/aromatic N) is 1. The number of hydrogen-bond acceptors (Lipinski definition) is 5. The summed E-state index contributed by atoms with van der Waals surface area (Å²) in [6.45, 7) is 2.15. The Balaban J connectivity index is 2.26. The summed E-state index contributed by atoms with van der Waals surface area (Å²) >= 11 is 3.30. The van der Waals surface area contributed by atoms with Crippen molar-refractivity contribution in [2.45, 2.75) is 23.7 Å². The fraction of sp³-hybridized carbons (Fsp3) is 0.625. The van der Waals surface area contributed by atoms with Gasteiger partial charge in [-0.05, 0) is 13.3 Å². The van der Waals surface area contributed by atoms with Gasteiger partial charge < -0.3 is 10.8 Å². The maximum Gasteiger partial charge on any atom is 0.150 e. The van der Waals surface area contributed by atoms with Crippen LogP contribution in [0.2, 0.25) is 0 Å². The molecule has 0 saturated carbocycles. The first kappa shape index (κ1) is 11.0. The Morgan fingerprint density at radius 2 is 2.54 bits per heavy atom. The molecule has 0 spiro atoms. The first-order valence-electron chi connectivity index (χ1n) is 4.13. The SMILES string of the molecule is Cc1csc(SCC(N)CCO)n1. The minimum Gasteiger partial charge on any atom is -0.396 e. The van der Waals surface area contributed by atoms with E-state index in [0.717, 1.165) is 15.8 Å². The second-order valence-electron chi connectivity index (χ2n) is 2.84. The first-order valence-corrected chi connectivity index (χ1v) is 6.00. The number of rotatable bonds is 5. The number of thioether (sulfide) groups is 1. The summed E-state index contributed by atoms with van der Waals surface area (Å²) in [5, 5.41) is 10.7. The summed E-state index contributed by atoms with van der Waals surface area (Å²) < 4.78 is 1.06. The number of thiazole rings is 1. The molecular weight excluding hydrogens is 204 g/mol. The topological polar surface area (TPSA) is 59.1 Å². The van der Waals surface area contributed by atoms with E-state index in [1.165, 1.54) is 0 Å². The van der Waals surface area contributed by atoms with Crippen molar-refractivity contribution in [2.75, 3.05) is 12.4 Å². The first-order chi connectivity index (χ1) is 6.22. The van der Waals surface area contributed by atoms with E-state index in [4.69, 9.17) is 10.8 Å². The third kappa shape index (κ3) is 4.08. The summed E-state index contributed by atoms with van der Waals surface area (Å²) in [6.07, 6.45) is 0.664. The molecule has 0 amide bonds. The summed E-state index contributed by atoms with van der Waals surface area (Å²) in [5.74, 6) is 0.827. The average Bonchev–Trinajstić information content (AvgIpc) is 2.49. The zero-order valence-electron chi connectivity index (χ0n) is 7.56. The molecule has 0 fully saturated rings. The van der Waals surface area contributed by atoms with Crippen LogP contribution in [-0.4, -0.2) is 28.5 Å². The van der Waals surface area contributed by atoms with Gasteiger partial charge in [-0.15, -0.1) is 11.3 Å². The molecule has 0 bridgehead atoms. The van der Waals surface area contributed by atoms with E-state index in [9.17, 15) is 0 Å². The highest BCUT2D eigenvalue weighted by molar-refractivity contribution is 8.01. The van der Waals surface area contributed by atoms with Crippen LogP contribution in [0.25, 0.3) is 0 Å². The minimum atomic E-state index is 0.0687. The Kier molecular flexibility index (Phi) is 4.72. The lowest BCUT2D eigenvalue weighted by atomic mass is 10.3. The molecule has 1 rings (SSSR count). The quantitative estimate of drug-likeness (QED) is 0.730. The number of aliphatic hydroxyl groups is 1. The van der Waals surface area contributed by atoms with E-state index >= 15 is 0 Å². The van der Waals surface area contributed by atoms with E-state index in [1.807, 2.05) is 12.3 Å². The van der Waals surface area contributed by atoms with E-state index in [2.05, 4.69) is 4.98 Å². The van der Waals surface area contributed by atoms with Gasteiger partial charge >= 0.3 is 0 Å². The number of aryl methyl sites for hydroxylation is 1. The zero-order chi connectivity index (χ0) is 9.68. The highest BCUT2D eigenvalue weighted by atomic mass is 32.2. The van der Waals surface area contributed by atoms with Crippen molar-refractivity contribution in [1.29, 1.82) is 0 Å². The number of aliphatic hydroxyl groups excluding tert-OH is 1. The van der Waals surface area contributed by atoms with E-state index < -0.39 is 0 Å². The second-order valence-corrected chi connectivity index (χ2v) is 4.96. The number of aromatic nitrogens is 1. The van der Waals surface area contributed by atoms with Crippen LogP contribution in [0.4, 0.5) is 0 Å². The molecule has 1 atom stereocenters. The molecule has 1 heterocycles. The van der Waals surface area contributed by atoms with Crippen LogP contribution < -0.4 is 5.73 Å². The van der Waals surface area contributed by atoms with Crippen molar-refractivity contribution < 1.29 is 5.11 Å². The summed E-state index contributed by atoms with van der Waals surface area (Å²) in [6, 6.07) is 0.0687. The molecule has 74 valence electrons. The van der Waals surface area contributed by atoms with Crippen LogP contribution in [-0.2, 0) is 0 Å². The molecule has 3 N–H and O–H groups in total. The molecule has 1 aromatic rings. The van der Waals surface area contributed by atoms with Gasteiger partial charge in [0.15, 0.2) is 0 Å². The Morgan fingerprint density at radius 1 is 1.77 bits per heavy atom. The van der Waals surface area contributed by atoms with Gasteiger partial charge in [0, 0.05) is 29.5 Å². The van der Waals surface area contributed by atoms with E-state index in [1.54, 1.807) is 23.1 Å². The molecule has 0 aliphatic heterocycles. The maximum absolute atomic E-state index is 8.64. The fourth-order valence-corrected chi connectivity index (χ4v) is 2.70. The summed E-state index contributed by atoms with van der Waals surface area (Å²) in [7, 11) is 0. The Morgan fingerprint density at radius 3 is 3.08 bits per heavy atom. The van der Waals surface area contributed by atoms with Gasteiger partial charge in [-0.3, -0.25) is 0 Å². The summed E-state index contributed by atoms with van der Waals surface area (Å²) in [5.41, 5.74) is 6.79. The molecule has 0 radical (unpaired) electrons. The Hall–Kier alpha value is -0.100. The van der Waals surface area contributed by atoms with E-state index in [-0.39, 0.29) is 12.6 Å². The van der Waals surface area contributed by atoms with Gasteiger partial charge in [-0.1, -0.05) is 11.8 Å². The second kappa shape index (κ2) is 5.59. The monoisotopic (exact) mass is 218 g/mol. The van der Waals surface area contributed by atoms with Gasteiger partial charge in [0.25, 0.3) is 0 Å². The normalized spacial score (nSPS) is 13.2. The van der Waals surface area contributed by atoms with Gasteiger partial charge in [0.05, 0.1) is 0 Å². The molecule has 13 heavy (non-hydrogen) atoms. The number of nitrogens with two attached hydrogens (primary N) is 1. The molecule has 1 aromatic heterocycles. The molecule has 0 aliphatic rings. The Labute approximate surface area is 86.4 Å². The van der Waals surface area contributed by atoms with Crippen molar-refractivity contribution >= 4 is 23.1 Å². The van der Waals surface area contributed by atoms with Crippen molar-refractivity contribution in [1.82, 2.24) is 4.98 Å². The molecule has 3 nitrogen and oxygen atoms in total. The van der Waals surface area contributed by atoms with Crippen LogP contribution in [0.1, 0.15) is 12.1 Å². The average molecular weight is 218 g/mol. The van der Waals surface area contributed by atoms with Crippen LogP contribution in [0.15, 0.2) is 9.72 Å². The van der Waals surface area contributed by atoms with Gasteiger partial charge in [0.2, 0.25) is 0 Å². The highest BCUT2D eigenvalue weighted by Crippen LogP contribution is 2.22. The Bertz CT molecular complexity index is 252. The standard InChI is InChI=1S/C8H14N2OS2/c1-6-4-12-8(10-6)13-5-7(9)2-3-11/h4,7,11H,2-3,5,9H2,1H3. The predicted molar refractivity (Wildman–Crippen MR) is 57.3 cm³/mol. The molecule has 1 unspecified atom stereocenters. The number of hydrogen-bond donors (Lipinski definition) is 2. The lowest BCUT2D eigenvalue weighted by molar-refractivity contribution is 0.279. The predicted octanol–water partition coefficient (Wildman–Crippen LogP) is 1.25. The molecule has 0 aromatic carbocycles. The largest absolute Gasteiger partial charge is 0.396 e. The van der Waals surface area contributed by atoms with Crippen molar-refractivity contribution in [2.24, 2.45) is 5.73 Å². The van der Waals surface area contributed by atoms with E-state index in [0.29, 0.717) is 6.42 Å². The third-order valence-corrected chi connectivity index (χ3v) is 3.85. The summed E-state index contributed by atoms with van der Waals surface area (Å²) in [4.78, 5) is 4.31. The molecular formula is C8H14N2OS2. The van der Waals surface area contributed by atoms with Crippen molar-refractivity contribution in [3.8, 4) is 0 Å². The molecule has 0 aliphatic carbocycles. The molecule has 0 saturated heterocycles. The minimum absolute atomic E-state index is 0.0687. The van der Waals surface area contributed by atoms with Gasteiger partial charge in [0.1, 0.15) is 4.34 Å². The lowest BCUT2D eigenvalue weighted by Crippen LogP contribution is -2.23.